The highest BCUT2D eigenvalue weighted by atomic mass is 79.9. The van der Waals surface area contributed by atoms with E-state index in [4.69, 9.17) is 4.74 Å². The molecule has 1 aromatic heterocycles. The number of aromatic nitrogens is 3. The van der Waals surface area contributed by atoms with E-state index >= 15 is 0 Å². The van der Waals surface area contributed by atoms with E-state index < -0.39 is 0 Å². The van der Waals surface area contributed by atoms with Crippen LogP contribution in [0, 0.1) is 5.92 Å². The van der Waals surface area contributed by atoms with Crippen molar-refractivity contribution in [2.24, 2.45) is 5.92 Å². The molecule has 0 N–H and O–H groups in total. The highest BCUT2D eigenvalue weighted by Gasteiger charge is 2.14. The predicted octanol–water partition coefficient (Wildman–Crippen LogP) is 1.60. The zero-order valence-electron chi connectivity index (χ0n) is 8.03. The molecule has 0 radical (unpaired) electrons. The minimum atomic E-state index is 0.702. The first kappa shape index (κ1) is 10.1. The Kier molecular flexibility index (Phi) is 3.53. The van der Waals surface area contributed by atoms with Crippen molar-refractivity contribution in [3.63, 3.8) is 0 Å². The molecular weight excluding hydrogens is 246 g/mol. The van der Waals surface area contributed by atoms with Crippen molar-refractivity contribution in [2.75, 3.05) is 13.2 Å². The van der Waals surface area contributed by atoms with Gasteiger partial charge in [-0.05, 0) is 18.8 Å². The average molecular weight is 260 g/mol. The van der Waals surface area contributed by atoms with Gasteiger partial charge in [-0.15, -0.1) is 5.10 Å². The quantitative estimate of drug-likeness (QED) is 0.775. The standard InChI is InChI=1S/C9H14BrN3O/c10-5-9-7-13(12-11-9)6-8-1-3-14-4-2-8/h7-8H,1-6H2. The Morgan fingerprint density at radius 1 is 1.50 bits per heavy atom. The molecule has 0 aromatic carbocycles. The highest BCUT2D eigenvalue weighted by molar-refractivity contribution is 9.08. The molecule has 1 aromatic rings. The van der Waals surface area contributed by atoms with Crippen molar-refractivity contribution in [1.82, 2.24) is 15.0 Å². The highest BCUT2D eigenvalue weighted by Crippen LogP contribution is 2.16. The van der Waals surface area contributed by atoms with Crippen molar-refractivity contribution in [3.8, 4) is 0 Å². The Morgan fingerprint density at radius 3 is 2.93 bits per heavy atom. The van der Waals surface area contributed by atoms with Crippen LogP contribution in [0.25, 0.3) is 0 Å². The molecule has 0 unspecified atom stereocenters. The summed E-state index contributed by atoms with van der Waals surface area (Å²) in [7, 11) is 0. The summed E-state index contributed by atoms with van der Waals surface area (Å²) >= 11 is 3.36. The fourth-order valence-electron chi connectivity index (χ4n) is 1.68. The van der Waals surface area contributed by atoms with Crippen molar-refractivity contribution in [1.29, 1.82) is 0 Å². The number of hydrogen-bond acceptors (Lipinski definition) is 3. The van der Waals surface area contributed by atoms with E-state index in [9.17, 15) is 0 Å². The van der Waals surface area contributed by atoms with Gasteiger partial charge in [0.05, 0.1) is 5.69 Å². The first-order chi connectivity index (χ1) is 6.88. The van der Waals surface area contributed by atoms with Crippen molar-refractivity contribution in [2.45, 2.75) is 24.7 Å². The second-order valence-corrected chi connectivity index (χ2v) is 4.18. The minimum absolute atomic E-state index is 0.702. The van der Waals surface area contributed by atoms with Gasteiger partial charge < -0.3 is 4.74 Å². The Balaban J connectivity index is 1.89. The Morgan fingerprint density at radius 2 is 2.29 bits per heavy atom. The second-order valence-electron chi connectivity index (χ2n) is 3.62. The van der Waals surface area contributed by atoms with E-state index in [2.05, 4.69) is 26.2 Å². The largest absolute Gasteiger partial charge is 0.381 e. The molecule has 0 spiro atoms. The van der Waals surface area contributed by atoms with Gasteiger partial charge in [0.1, 0.15) is 0 Å². The fraction of sp³-hybridized carbons (Fsp3) is 0.778. The summed E-state index contributed by atoms with van der Waals surface area (Å²) in [6.45, 7) is 2.76. The van der Waals surface area contributed by atoms with E-state index in [1.54, 1.807) is 0 Å². The fourth-order valence-corrected chi connectivity index (χ4v) is 1.94. The SMILES string of the molecule is BrCc1cn(CC2CCOCC2)nn1. The number of alkyl halides is 1. The van der Waals surface area contributed by atoms with Crippen molar-refractivity contribution >= 4 is 15.9 Å². The summed E-state index contributed by atoms with van der Waals surface area (Å²) in [5.41, 5.74) is 0.997. The number of rotatable bonds is 3. The lowest BCUT2D eigenvalue weighted by Gasteiger charge is -2.21. The lowest BCUT2D eigenvalue weighted by Crippen LogP contribution is -2.20. The van der Waals surface area contributed by atoms with Crippen LogP contribution in [-0.2, 0) is 16.6 Å². The average Bonchev–Trinajstić information content (AvgIpc) is 2.67. The zero-order chi connectivity index (χ0) is 9.80. The van der Waals surface area contributed by atoms with E-state index in [0.29, 0.717) is 5.92 Å². The van der Waals surface area contributed by atoms with Gasteiger partial charge in [0.25, 0.3) is 0 Å². The maximum absolute atomic E-state index is 5.31. The van der Waals surface area contributed by atoms with Gasteiger partial charge in [-0.25, -0.2) is 0 Å². The molecule has 5 heteroatoms. The minimum Gasteiger partial charge on any atom is -0.381 e. The third kappa shape index (κ3) is 2.54. The Hall–Kier alpha value is -0.420. The number of nitrogens with zero attached hydrogens (tertiary/aromatic N) is 3. The van der Waals surface area contributed by atoms with Gasteiger partial charge in [-0.3, -0.25) is 4.68 Å². The van der Waals surface area contributed by atoms with Gasteiger partial charge >= 0.3 is 0 Å². The molecule has 0 bridgehead atoms. The van der Waals surface area contributed by atoms with Crippen LogP contribution >= 0.6 is 15.9 Å². The van der Waals surface area contributed by atoms with Crippen LogP contribution in [0.15, 0.2) is 6.20 Å². The predicted molar refractivity (Wildman–Crippen MR) is 56.2 cm³/mol. The van der Waals surface area contributed by atoms with E-state index in [1.165, 1.54) is 0 Å². The molecule has 78 valence electrons. The van der Waals surface area contributed by atoms with E-state index in [1.807, 2.05) is 10.9 Å². The third-order valence-corrected chi connectivity index (χ3v) is 3.08. The summed E-state index contributed by atoms with van der Waals surface area (Å²) in [6, 6.07) is 0. The van der Waals surface area contributed by atoms with E-state index in [-0.39, 0.29) is 0 Å². The van der Waals surface area contributed by atoms with Gasteiger partial charge in [0.2, 0.25) is 0 Å². The van der Waals surface area contributed by atoms with Gasteiger partial charge in [-0.1, -0.05) is 21.1 Å². The monoisotopic (exact) mass is 259 g/mol. The van der Waals surface area contributed by atoms with Crippen molar-refractivity contribution < 1.29 is 4.74 Å². The molecule has 4 nitrogen and oxygen atoms in total. The molecule has 1 aliphatic heterocycles. The molecule has 0 atom stereocenters. The summed E-state index contributed by atoms with van der Waals surface area (Å²) in [5, 5.41) is 8.89. The van der Waals surface area contributed by atoms with Gasteiger partial charge in [-0.2, -0.15) is 0 Å². The summed E-state index contributed by atoms with van der Waals surface area (Å²) in [4.78, 5) is 0. The van der Waals surface area contributed by atoms with Crippen LogP contribution in [0.2, 0.25) is 0 Å². The maximum atomic E-state index is 5.31. The molecule has 1 aliphatic rings. The molecule has 2 rings (SSSR count). The Bertz CT molecular complexity index is 283. The lowest BCUT2D eigenvalue weighted by atomic mass is 10.0. The summed E-state index contributed by atoms with van der Waals surface area (Å²) in [5.74, 6) is 0.702. The van der Waals surface area contributed by atoms with Crippen LogP contribution in [-0.4, -0.2) is 28.2 Å². The molecule has 0 saturated carbocycles. The molecule has 1 saturated heterocycles. The third-order valence-electron chi connectivity index (χ3n) is 2.51. The summed E-state index contributed by atoms with van der Waals surface area (Å²) in [6.07, 6.45) is 4.29. The number of hydrogen-bond donors (Lipinski definition) is 0. The summed E-state index contributed by atoms with van der Waals surface area (Å²) < 4.78 is 7.25. The smallest absolute Gasteiger partial charge is 0.0932 e. The second kappa shape index (κ2) is 4.89. The first-order valence-corrected chi connectivity index (χ1v) is 6.03. The molecular formula is C9H14BrN3O. The topological polar surface area (TPSA) is 39.9 Å². The van der Waals surface area contributed by atoms with E-state index in [0.717, 1.165) is 43.6 Å². The van der Waals surface area contributed by atoms with Crippen LogP contribution < -0.4 is 0 Å². The van der Waals surface area contributed by atoms with Crippen LogP contribution in [0.4, 0.5) is 0 Å². The Labute approximate surface area is 91.8 Å². The normalized spacial score (nSPS) is 18.6. The van der Waals surface area contributed by atoms with Gasteiger partial charge in [0, 0.05) is 31.3 Å². The zero-order valence-corrected chi connectivity index (χ0v) is 9.61. The van der Waals surface area contributed by atoms with Crippen molar-refractivity contribution in [3.05, 3.63) is 11.9 Å². The number of halogens is 1. The molecule has 0 amide bonds. The first-order valence-electron chi connectivity index (χ1n) is 4.91. The van der Waals surface area contributed by atoms with Crippen LogP contribution in [0.1, 0.15) is 18.5 Å². The molecule has 0 aliphatic carbocycles. The van der Waals surface area contributed by atoms with Crippen LogP contribution in [0.5, 0.6) is 0 Å². The maximum Gasteiger partial charge on any atom is 0.0932 e. The van der Waals surface area contributed by atoms with Gasteiger partial charge in [0.15, 0.2) is 0 Å². The lowest BCUT2D eigenvalue weighted by molar-refractivity contribution is 0.0600. The molecule has 1 fully saturated rings. The number of ether oxygens (including phenoxy) is 1. The van der Waals surface area contributed by atoms with Crippen LogP contribution in [0.3, 0.4) is 0 Å². The molecule has 14 heavy (non-hydrogen) atoms. The molecule has 2 heterocycles.